The molecule has 0 radical (unpaired) electrons. The Morgan fingerprint density at radius 1 is 1.36 bits per heavy atom. The van der Waals surface area contributed by atoms with Gasteiger partial charge in [0.1, 0.15) is 5.69 Å². The van der Waals surface area contributed by atoms with Crippen molar-refractivity contribution in [2.24, 2.45) is 5.73 Å². The van der Waals surface area contributed by atoms with Gasteiger partial charge in [-0.25, -0.2) is 4.98 Å². The lowest BCUT2D eigenvalue weighted by atomic mass is 9.95. The van der Waals surface area contributed by atoms with E-state index in [2.05, 4.69) is 69.5 Å². The van der Waals surface area contributed by atoms with Gasteiger partial charge in [0, 0.05) is 23.3 Å². The molecule has 0 saturated carbocycles. The summed E-state index contributed by atoms with van der Waals surface area (Å²) in [5.74, 6) is -1.10. The number of nitrogens with two attached hydrogens (primary N) is 1. The summed E-state index contributed by atoms with van der Waals surface area (Å²) in [6.07, 6.45) is 21.5. The number of likely N-dealkylation sites (tertiary alicyclic amines) is 1. The van der Waals surface area contributed by atoms with Gasteiger partial charge in [0.15, 0.2) is 0 Å². The van der Waals surface area contributed by atoms with Crippen molar-refractivity contribution in [3.63, 3.8) is 0 Å². The van der Waals surface area contributed by atoms with Crippen LogP contribution in [0, 0.1) is 12.8 Å². The molecule has 1 aromatic heterocycles. The number of pyridine rings is 1. The minimum atomic E-state index is -4.62. The Balaban J connectivity index is 0.000000613. The molecule has 3 rings (SSSR count). The molecule has 198 valence electrons. The average Bonchev–Trinajstić information content (AvgIpc) is 3.06. The lowest BCUT2D eigenvalue weighted by Gasteiger charge is -2.35. The number of aromatic nitrogens is 1. The van der Waals surface area contributed by atoms with Crippen LogP contribution in [-0.2, 0) is 6.18 Å². The molecule has 1 saturated heterocycles. The predicted molar refractivity (Wildman–Crippen MR) is 147 cm³/mol. The van der Waals surface area contributed by atoms with E-state index in [0.29, 0.717) is 12.1 Å². The number of amides is 1. The van der Waals surface area contributed by atoms with Crippen molar-refractivity contribution < 1.29 is 18.0 Å². The van der Waals surface area contributed by atoms with E-state index in [1.54, 1.807) is 0 Å². The first-order chi connectivity index (χ1) is 17.1. The van der Waals surface area contributed by atoms with Gasteiger partial charge in [-0.3, -0.25) is 9.69 Å². The molecule has 4 nitrogen and oxygen atoms in total. The number of terminal acetylenes is 1. The molecular weight excluding hydrogens is 555 g/mol. The van der Waals surface area contributed by atoms with Crippen LogP contribution in [0.2, 0.25) is 5.02 Å². The van der Waals surface area contributed by atoms with E-state index >= 15 is 0 Å². The molecular formula is C27H34BrClF3N3O. The average molecular weight is 589 g/mol. The summed E-state index contributed by atoms with van der Waals surface area (Å²) in [6.45, 7) is 10.1. The van der Waals surface area contributed by atoms with Gasteiger partial charge in [0.2, 0.25) is 0 Å². The van der Waals surface area contributed by atoms with E-state index in [-0.39, 0.29) is 0 Å². The van der Waals surface area contributed by atoms with E-state index in [1.807, 2.05) is 19.9 Å². The molecule has 2 N–H and O–H groups in total. The zero-order chi connectivity index (χ0) is 27.7. The topological polar surface area (TPSA) is 59.2 Å². The summed E-state index contributed by atoms with van der Waals surface area (Å²) in [6, 6.07) is 1.37. The molecule has 1 atom stereocenters. The van der Waals surface area contributed by atoms with Crippen molar-refractivity contribution in [2.75, 3.05) is 13.1 Å². The van der Waals surface area contributed by atoms with Gasteiger partial charge in [-0.05, 0) is 49.9 Å². The standard InChI is InChI=1S/C16H22BrN.C7H4ClF3N2O.C2H6.C2H2/c1-2-10-18-11-6-5-9-16(18)13-14-7-3-4-8-15(17)12-14;8-4-3(7(9,10)11)1-2-13-5(4)6(12)14;2*1-2/h2,4,7-8,12,16H,1,3,5-6,9-11,13H2;1-2H,(H2,12,14);1-2H3;1-2H/t16-;;;/m0.../s1. The molecule has 1 aliphatic heterocycles. The molecule has 9 heteroatoms. The highest BCUT2D eigenvalue weighted by Gasteiger charge is 2.34. The number of halogens is 5. The van der Waals surface area contributed by atoms with Crippen LogP contribution in [0.15, 0.2) is 59.3 Å². The molecule has 0 aromatic carbocycles. The number of carbonyl (C=O) groups is 1. The van der Waals surface area contributed by atoms with E-state index in [4.69, 9.17) is 17.3 Å². The van der Waals surface area contributed by atoms with Crippen molar-refractivity contribution in [1.82, 2.24) is 9.88 Å². The molecule has 2 aliphatic rings. The summed E-state index contributed by atoms with van der Waals surface area (Å²) in [5.41, 5.74) is 4.53. The Morgan fingerprint density at radius 3 is 2.61 bits per heavy atom. The van der Waals surface area contributed by atoms with Crippen LogP contribution in [0.5, 0.6) is 0 Å². The van der Waals surface area contributed by atoms with Crippen molar-refractivity contribution in [3.05, 3.63) is 75.6 Å². The van der Waals surface area contributed by atoms with Crippen molar-refractivity contribution in [3.8, 4) is 12.8 Å². The minimum Gasteiger partial charge on any atom is -0.364 e. The molecule has 1 aliphatic carbocycles. The molecule has 0 bridgehead atoms. The molecule has 0 spiro atoms. The highest BCUT2D eigenvalue weighted by molar-refractivity contribution is 9.11. The SMILES string of the molecule is C#C.C=CCN1CCCC[C@H]1CC1=CCC=CC(Br)=C1.CC.NC(=O)c1nccc(C(F)(F)F)c1Cl. The van der Waals surface area contributed by atoms with Crippen LogP contribution in [0.4, 0.5) is 13.2 Å². The van der Waals surface area contributed by atoms with E-state index in [9.17, 15) is 18.0 Å². The Morgan fingerprint density at radius 2 is 2.03 bits per heavy atom. The lowest BCUT2D eigenvalue weighted by molar-refractivity contribution is -0.137. The second-order valence-electron chi connectivity index (χ2n) is 7.47. The number of alkyl halides is 3. The fourth-order valence-electron chi connectivity index (χ4n) is 3.63. The zero-order valence-electron chi connectivity index (χ0n) is 20.7. The Bertz CT molecular complexity index is 955. The first-order valence-corrected chi connectivity index (χ1v) is 12.7. The second-order valence-corrected chi connectivity index (χ2v) is 8.76. The summed E-state index contributed by atoms with van der Waals surface area (Å²) >= 11 is 8.90. The highest BCUT2D eigenvalue weighted by atomic mass is 79.9. The maximum Gasteiger partial charge on any atom is 0.417 e. The fraction of sp³-hybridized carbons (Fsp3) is 0.407. The number of piperidine rings is 1. The van der Waals surface area contributed by atoms with Gasteiger partial charge in [-0.15, -0.1) is 19.4 Å². The zero-order valence-corrected chi connectivity index (χ0v) is 23.0. The van der Waals surface area contributed by atoms with Gasteiger partial charge < -0.3 is 5.73 Å². The number of hydrogen-bond acceptors (Lipinski definition) is 3. The quantitative estimate of drug-likeness (QED) is 0.283. The monoisotopic (exact) mass is 587 g/mol. The minimum absolute atomic E-state index is 0.582. The number of hydrogen-bond donors (Lipinski definition) is 1. The van der Waals surface area contributed by atoms with Crippen LogP contribution >= 0.6 is 27.5 Å². The third-order valence-corrected chi connectivity index (χ3v) is 6.00. The Kier molecular flexibility index (Phi) is 16.8. The first kappa shape index (κ1) is 33.7. The number of allylic oxidation sites excluding steroid dienone is 5. The van der Waals surface area contributed by atoms with Gasteiger partial charge in [0.05, 0.1) is 10.6 Å². The third kappa shape index (κ3) is 11.6. The maximum absolute atomic E-state index is 12.2. The van der Waals surface area contributed by atoms with Gasteiger partial charge in [-0.2, -0.15) is 13.2 Å². The highest BCUT2D eigenvalue weighted by Crippen LogP contribution is 2.35. The summed E-state index contributed by atoms with van der Waals surface area (Å²) < 4.78 is 37.9. The smallest absolute Gasteiger partial charge is 0.364 e. The lowest BCUT2D eigenvalue weighted by Crippen LogP contribution is -2.39. The molecule has 36 heavy (non-hydrogen) atoms. The number of rotatable bonds is 5. The maximum atomic E-state index is 12.2. The van der Waals surface area contributed by atoms with Gasteiger partial charge >= 0.3 is 6.18 Å². The van der Waals surface area contributed by atoms with Gasteiger partial charge in [0.25, 0.3) is 5.91 Å². The summed E-state index contributed by atoms with van der Waals surface area (Å²) in [4.78, 5) is 16.5. The largest absolute Gasteiger partial charge is 0.417 e. The van der Waals surface area contributed by atoms with E-state index in [0.717, 1.165) is 19.2 Å². The Hall–Kier alpha value is -2.34. The number of carbonyl (C=O) groups excluding carboxylic acids is 1. The predicted octanol–water partition coefficient (Wildman–Crippen LogP) is 7.71. The first-order valence-electron chi connectivity index (χ1n) is 11.6. The summed E-state index contributed by atoms with van der Waals surface area (Å²) in [5, 5.41) is -0.771. The van der Waals surface area contributed by atoms with Gasteiger partial charge in [-0.1, -0.05) is 72.1 Å². The number of primary amides is 1. The van der Waals surface area contributed by atoms with Crippen molar-refractivity contribution in [2.45, 2.75) is 58.2 Å². The normalized spacial score (nSPS) is 17.3. The van der Waals surface area contributed by atoms with Crippen molar-refractivity contribution >= 4 is 33.4 Å². The van der Waals surface area contributed by atoms with Crippen LogP contribution in [-0.4, -0.2) is 34.9 Å². The van der Waals surface area contributed by atoms with E-state index < -0.39 is 28.4 Å². The van der Waals surface area contributed by atoms with E-state index in [1.165, 1.54) is 42.3 Å². The molecule has 1 amide bonds. The Labute approximate surface area is 226 Å². The third-order valence-electron chi connectivity index (χ3n) is 5.13. The fourth-order valence-corrected chi connectivity index (χ4v) is 4.42. The van der Waals surface area contributed by atoms with Crippen LogP contribution in [0.3, 0.4) is 0 Å². The van der Waals surface area contributed by atoms with Crippen LogP contribution in [0.1, 0.15) is 62.0 Å². The molecule has 1 aromatic rings. The second kappa shape index (κ2) is 18.0. The summed E-state index contributed by atoms with van der Waals surface area (Å²) in [7, 11) is 0. The molecule has 1 fully saturated rings. The number of nitrogens with zero attached hydrogens (tertiary/aromatic N) is 2. The van der Waals surface area contributed by atoms with Crippen LogP contribution < -0.4 is 5.73 Å². The van der Waals surface area contributed by atoms with Crippen LogP contribution in [0.25, 0.3) is 0 Å². The van der Waals surface area contributed by atoms with Crippen molar-refractivity contribution in [1.29, 1.82) is 0 Å². The molecule has 2 heterocycles. The molecule has 0 unspecified atom stereocenters.